The molecule has 1 fully saturated rings. The van der Waals surface area contributed by atoms with Gasteiger partial charge in [-0.05, 0) is 45.2 Å². The maximum absolute atomic E-state index is 12.6. The molecule has 0 unspecified atom stereocenters. The van der Waals surface area contributed by atoms with Gasteiger partial charge >= 0.3 is 0 Å². The Kier molecular flexibility index (Phi) is 3.01. The van der Waals surface area contributed by atoms with Gasteiger partial charge in [0.1, 0.15) is 5.65 Å². The van der Waals surface area contributed by atoms with Crippen LogP contribution in [0.4, 0.5) is 0 Å². The number of aromatic nitrogens is 2. The SMILES string of the molecule is Cc1cc(C)n2ccc(C(=O)N3CCCCC3)c2n1. The number of aryl methyl sites for hydroxylation is 2. The molecule has 1 amide bonds. The molecule has 1 saturated heterocycles. The molecule has 2 aromatic heterocycles. The minimum absolute atomic E-state index is 0.125. The van der Waals surface area contributed by atoms with Crippen molar-refractivity contribution in [2.75, 3.05) is 13.1 Å². The van der Waals surface area contributed by atoms with E-state index in [1.807, 2.05) is 41.5 Å². The fourth-order valence-corrected chi connectivity index (χ4v) is 2.83. The van der Waals surface area contributed by atoms with E-state index in [1.54, 1.807) is 0 Å². The third kappa shape index (κ3) is 2.11. The fraction of sp³-hybridized carbons (Fsp3) is 0.467. The van der Waals surface area contributed by atoms with Gasteiger partial charge in [-0.2, -0.15) is 0 Å². The predicted molar refractivity (Wildman–Crippen MR) is 74.4 cm³/mol. The lowest BCUT2D eigenvalue weighted by molar-refractivity contribution is 0.0726. The number of carbonyl (C=O) groups excluding carboxylic acids is 1. The van der Waals surface area contributed by atoms with Crippen LogP contribution in [0.2, 0.25) is 0 Å². The van der Waals surface area contributed by atoms with Crippen molar-refractivity contribution in [2.24, 2.45) is 0 Å². The number of fused-ring (bicyclic) bond motifs is 1. The molecule has 2 aromatic rings. The maximum atomic E-state index is 12.6. The molecule has 0 atom stereocenters. The van der Waals surface area contributed by atoms with Crippen LogP contribution in [-0.2, 0) is 0 Å². The summed E-state index contributed by atoms with van der Waals surface area (Å²) in [4.78, 5) is 19.1. The van der Waals surface area contributed by atoms with Gasteiger partial charge in [-0.25, -0.2) is 4.98 Å². The summed E-state index contributed by atoms with van der Waals surface area (Å²) >= 11 is 0. The highest BCUT2D eigenvalue weighted by Crippen LogP contribution is 2.18. The van der Waals surface area contributed by atoms with Crippen molar-refractivity contribution >= 4 is 11.6 Å². The van der Waals surface area contributed by atoms with Gasteiger partial charge in [0, 0.05) is 30.7 Å². The van der Waals surface area contributed by atoms with Gasteiger partial charge < -0.3 is 9.30 Å². The Morgan fingerprint density at radius 3 is 2.68 bits per heavy atom. The second-order valence-electron chi connectivity index (χ2n) is 5.31. The summed E-state index contributed by atoms with van der Waals surface area (Å²) in [5, 5.41) is 0. The lowest BCUT2D eigenvalue weighted by Crippen LogP contribution is -2.35. The number of hydrogen-bond acceptors (Lipinski definition) is 2. The standard InChI is InChI=1S/C15H19N3O/c1-11-10-12(2)18-9-6-13(14(18)16-11)15(19)17-7-4-3-5-8-17/h6,9-10H,3-5,7-8H2,1-2H3. The number of likely N-dealkylation sites (tertiary alicyclic amines) is 1. The Hall–Kier alpha value is -1.84. The molecule has 0 radical (unpaired) electrons. The van der Waals surface area contributed by atoms with Crippen molar-refractivity contribution in [2.45, 2.75) is 33.1 Å². The molecule has 0 bridgehead atoms. The molecular formula is C15H19N3O. The third-order valence-corrected chi connectivity index (χ3v) is 3.81. The summed E-state index contributed by atoms with van der Waals surface area (Å²) in [5.41, 5.74) is 3.58. The Labute approximate surface area is 113 Å². The molecule has 0 spiro atoms. The number of carbonyl (C=O) groups is 1. The van der Waals surface area contributed by atoms with Gasteiger partial charge in [0.25, 0.3) is 5.91 Å². The highest BCUT2D eigenvalue weighted by atomic mass is 16.2. The first kappa shape index (κ1) is 12.2. The summed E-state index contributed by atoms with van der Waals surface area (Å²) in [7, 11) is 0. The van der Waals surface area contributed by atoms with Crippen molar-refractivity contribution in [3.8, 4) is 0 Å². The van der Waals surface area contributed by atoms with Crippen molar-refractivity contribution < 1.29 is 4.79 Å². The molecule has 4 heteroatoms. The lowest BCUT2D eigenvalue weighted by Gasteiger charge is -2.26. The highest BCUT2D eigenvalue weighted by Gasteiger charge is 2.21. The van der Waals surface area contributed by atoms with E-state index in [0.717, 1.165) is 48.5 Å². The monoisotopic (exact) mass is 257 g/mol. The zero-order chi connectivity index (χ0) is 13.4. The van der Waals surface area contributed by atoms with Crippen LogP contribution in [0.15, 0.2) is 18.3 Å². The van der Waals surface area contributed by atoms with Crippen LogP contribution in [0.5, 0.6) is 0 Å². The van der Waals surface area contributed by atoms with E-state index in [2.05, 4.69) is 4.98 Å². The molecule has 3 rings (SSSR count). The Morgan fingerprint density at radius 2 is 1.95 bits per heavy atom. The van der Waals surface area contributed by atoms with Crippen molar-refractivity contribution in [3.05, 3.63) is 35.3 Å². The largest absolute Gasteiger partial charge is 0.339 e. The lowest BCUT2D eigenvalue weighted by atomic mass is 10.1. The number of rotatable bonds is 1. The first-order chi connectivity index (χ1) is 9.16. The van der Waals surface area contributed by atoms with E-state index >= 15 is 0 Å². The van der Waals surface area contributed by atoms with Crippen molar-refractivity contribution in [3.63, 3.8) is 0 Å². The average molecular weight is 257 g/mol. The Balaban J connectivity index is 2.02. The fourth-order valence-electron chi connectivity index (χ4n) is 2.83. The quantitative estimate of drug-likeness (QED) is 0.787. The van der Waals surface area contributed by atoms with Gasteiger partial charge in [0.15, 0.2) is 0 Å². The van der Waals surface area contributed by atoms with E-state index in [9.17, 15) is 4.79 Å². The van der Waals surface area contributed by atoms with Gasteiger partial charge in [0.2, 0.25) is 0 Å². The zero-order valence-corrected chi connectivity index (χ0v) is 11.5. The van der Waals surface area contributed by atoms with E-state index in [1.165, 1.54) is 6.42 Å². The molecule has 1 aliphatic heterocycles. The molecule has 19 heavy (non-hydrogen) atoms. The van der Waals surface area contributed by atoms with E-state index < -0.39 is 0 Å². The second kappa shape index (κ2) is 4.68. The predicted octanol–water partition coefficient (Wildman–Crippen LogP) is 2.58. The molecule has 4 nitrogen and oxygen atoms in total. The van der Waals surface area contributed by atoms with Gasteiger partial charge in [-0.15, -0.1) is 0 Å². The van der Waals surface area contributed by atoms with Crippen LogP contribution in [-0.4, -0.2) is 33.3 Å². The van der Waals surface area contributed by atoms with Gasteiger partial charge in [-0.3, -0.25) is 4.79 Å². The van der Waals surface area contributed by atoms with Crippen LogP contribution in [0, 0.1) is 13.8 Å². The molecule has 0 aliphatic carbocycles. The Morgan fingerprint density at radius 1 is 1.21 bits per heavy atom. The zero-order valence-electron chi connectivity index (χ0n) is 11.5. The van der Waals surface area contributed by atoms with E-state index in [0.29, 0.717) is 0 Å². The number of nitrogens with zero attached hydrogens (tertiary/aromatic N) is 3. The molecule has 0 aromatic carbocycles. The summed E-state index contributed by atoms with van der Waals surface area (Å²) < 4.78 is 1.99. The smallest absolute Gasteiger partial charge is 0.257 e. The number of hydrogen-bond donors (Lipinski definition) is 0. The topological polar surface area (TPSA) is 37.6 Å². The maximum Gasteiger partial charge on any atom is 0.257 e. The summed E-state index contributed by atoms with van der Waals surface area (Å²) in [6.45, 7) is 5.76. The van der Waals surface area contributed by atoms with E-state index in [-0.39, 0.29) is 5.91 Å². The second-order valence-corrected chi connectivity index (χ2v) is 5.31. The van der Waals surface area contributed by atoms with Crippen molar-refractivity contribution in [1.29, 1.82) is 0 Å². The van der Waals surface area contributed by atoms with Crippen LogP contribution in [0.3, 0.4) is 0 Å². The highest BCUT2D eigenvalue weighted by molar-refractivity contribution is 6.00. The van der Waals surface area contributed by atoms with Crippen LogP contribution < -0.4 is 0 Å². The van der Waals surface area contributed by atoms with Gasteiger partial charge in [-0.1, -0.05) is 0 Å². The molecule has 0 N–H and O–H groups in total. The molecule has 100 valence electrons. The Bertz CT molecular complexity index is 624. The average Bonchev–Trinajstić information content (AvgIpc) is 2.83. The molecular weight excluding hydrogens is 238 g/mol. The first-order valence-electron chi connectivity index (χ1n) is 6.91. The molecule has 3 heterocycles. The summed E-state index contributed by atoms with van der Waals surface area (Å²) in [6, 6.07) is 3.92. The van der Waals surface area contributed by atoms with Crippen LogP contribution in [0.1, 0.15) is 41.0 Å². The molecule has 0 saturated carbocycles. The van der Waals surface area contributed by atoms with Crippen molar-refractivity contribution in [1.82, 2.24) is 14.3 Å². The van der Waals surface area contributed by atoms with Gasteiger partial charge in [0.05, 0.1) is 5.56 Å². The normalized spacial score (nSPS) is 16.0. The van der Waals surface area contributed by atoms with Crippen LogP contribution >= 0.6 is 0 Å². The van der Waals surface area contributed by atoms with E-state index in [4.69, 9.17) is 0 Å². The third-order valence-electron chi connectivity index (χ3n) is 3.81. The minimum Gasteiger partial charge on any atom is -0.339 e. The number of piperidine rings is 1. The number of amides is 1. The molecule has 1 aliphatic rings. The summed E-state index contributed by atoms with van der Waals surface area (Å²) in [6.07, 6.45) is 5.40. The summed E-state index contributed by atoms with van der Waals surface area (Å²) in [5.74, 6) is 0.125. The van der Waals surface area contributed by atoms with Crippen LogP contribution in [0.25, 0.3) is 5.65 Å². The first-order valence-corrected chi connectivity index (χ1v) is 6.91. The minimum atomic E-state index is 0.125.